The van der Waals surface area contributed by atoms with Gasteiger partial charge in [0.25, 0.3) is 0 Å². The summed E-state index contributed by atoms with van der Waals surface area (Å²) in [6, 6.07) is 0.384. The first-order chi connectivity index (χ1) is 7.72. The van der Waals surface area contributed by atoms with Crippen molar-refractivity contribution in [2.45, 2.75) is 31.7 Å². The smallest absolute Gasteiger partial charge is 0.407 e. The van der Waals surface area contributed by atoms with E-state index in [-0.39, 0.29) is 19.1 Å². The minimum absolute atomic E-state index is 0.00595. The molecule has 0 radical (unpaired) electrons. The number of carbonyl (C=O) groups is 2. The van der Waals surface area contributed by atoms with Gasteiger partial charge < -0.3 is 20.5 Å². The van der Waals surface area contributed by atoms with Crippen LogP contribution in [0.2, 0.25) is 0 Å². The Morgan fingerprint density at radius 1 is 1.38 bits per heavy atom. The Morgan fingerprint density at radius 2 is 2.12 bits per heavy atom. The van der Waals surface area contributed by atoms with Gasteiger partial charge in [-0.2, -0.15) is 0 Å². The summed E-state index contributed by atoms with van der Waals surface area (Å²) in [5.41, 5.74) is 0. The number of hydrogen-bond acceptors (Lipinski definition) is 4. The van der Waals surface area contributed by atoms with Gasteiger partial charge in [-0.05, 0) is 19.3 Å². The third-order valence-corrected chi connectivity index (χ3v) is 2.12. The van der Waals surface area contributed by atoms with Crippen LogP contribution in [0.5, 0.6) is 0 Å². The molecule has 0 aromatic heterocycles. The van der Waals surface area contributed by atoms with Crippen LogP contribution in [0.1, 0.15) is 25.7 Å². The van der Waals surface area contributed by atoms with Crippen molar-refractivity contribution < 1.29 is 19.4 Å². The van der Waals surface area contributed by atoms with Crippen LogP contribution in [0.15, 0.2) is 0 Å². The van der Waals surface area contributed by atoms with E-state index in [1.807, 2.05) is 0 Å². The van der Waals surface area contributed by atoms with E-state index in [9.17, 15) is 9.59 Å². The van der Waals surface area contributed by atoms with Crippen molar-refractivity contribution in [3.05, 3.63) is 0 Å². The Labute approximate surface area is 94.3 Å². The monoisotopic (exact) mass is 230 g/mol. The maximum absolute atomic E-state index is 11.2. The third kappa shape index (κ3) is 6.23. The predicted molar refractivity (Wildman–Crippen MR) is 56.8 cm³/mol. The summed E-state index contributed by atoms with van der Waals surface area (Å²) in [5, 5.41) is 13.7. The molecule has 1 aliphatic rings. The Hall–Kier alpha value is -1.30. The van der Waals surface area contributed by atoms with Crippen LogP contribution in [-0.2, 0) is 9.53 Å². The minimum atomic E-state index is -0.559. The molecular formula is C10H18N2O4. The number of alkyl carbamates (subject to hydrolysis) is 1. The van der Waals surface area contributed by atoms with Crippen molar-refractivity contribution in [2.75, 3.05) is 19.8 Å². The Morgan fingerprint density at radius 3 is 2.75 bits per heavy atom. The molecule has 1 fully saturated rings. The zero-order valence-electron chi connectivity index (χ0n) is 9.20. The molecule has 0 unspecified atom stereocenters. The summed E-state index contributed by atoms with van der Waals surface area (Å²) >= 11 is 0. The highest BCUT2D eigenvalue weighted by Crippen LogP contribution is 2.18. The maximum Gasteiger partial charge on any atom is 0.407 e. The van der Waals surface area contributed by atoms with Gasteiger partial charge >= 0.3 is 6.09 Å². The fourth-order valence-corrected chi connectivity index (χ4v) is 1.16. The summed E-state index contributed by atoms with van der Waals surface area (Å²) in [6.45, 7) is 0.216. The minimum Gasteiger partial charge on any atom is -0.447 e. The van der Waals surface area contributed by atoms with Crippen LogP contribution >= 0.6 is 0 Å². The summed E-state index contributed by atoms with van der Waals surface area (Å²) < 4.78 is 4.57. The second-order valence-electron chi connectivity index (χ2n) is 3.73. The highest BCUT2D eigenvalue weighted by atomic mass is 16.6. The zero-order chi connectivity index (χ0) is 11.8. The van der Waals surface area contributed by atoms with Gasteiger partial charge in [0.1, 0.15) is 6.61 Å². The molecule has 2 amide bonds. The summed E-state index contributed by atoms with van der Waals surface area (Å²) in [6.07, 6.45) is 2.61. The van der Waals surface area contributed by atoms with Gasteiger partial charge in [-0.15, -0.1) is 0 Å². The number of aliphatic hydroxyl groups is 1. The van der Waals surface area contributed by atoms with E-state index in [1.54, 1.807) is 0 Å². The van der Waals surface area contributed by atoms with Gasteiger partial charge in [0.05, 0.1) is 6.61 Å². The van der Waals surface area contributed by atoms with Crippen molar-refractivity contribution in [3.8, 4) is 0 Å². The van der Waals surface area contributed by atoms with Crippen molar-refractivity contribution in [3.63, 3.8) is 0 Å². The number of rotatable bonds is 7. The highest BCUT2D eigenvalue weighted by molar-refractivity contribution is 5.76. The van der Waals surface area contributed by atoms with Crippen LogP contribution in [-0.4, -0.2) is 42.9 Å². The van der Waals surface area contributed by atoms with Crippen molar-refractivity contribution in [1.29, 1.82) is 0 Å². The van der Waals surface area contributed by atoms with Gasteiger partial charge in [0.2, 0.25) is 5.91 Å². The van der Waals surface area contributed by atoms with Crippen molar-refractivity contribution in [1.82, 2.24) is 10.6 Å². The van der Waals surface area contributed by atoms with E-state index in [0.717, 1.165) is 12.8 Å². The lowest BCUT2D eigenvalue weighted by Gasteiger charge is -2.05. The van der Waals surface area contributed by atoms with E-state index in [2.05, 4.69) is 15.4 Å². The number of aliphatic hydroxyl groups excluding tert-OH is 1. The predicted octanol–water partition coefficient (Wildman–Crippen LogP) is -0.236. The van der Waals surface area contributed by atoms with Crippen molar-refractivity contribution >= 4 is 12.0 Å². The average Bonchev–Trinajstić information content (AvgIpc) is 3.05. The second kappa shape index (κ2) is 7.05. The van der Waals surface area contributed by atoms with Crippen LogP contribution in [0.4, 0.5) is 4.79 Å². The molecule has 0 aromatic rings. The lowest BCUT2D eigenvalue weighted by Crippen LogP contribution is -2.29. The lowest BCUT2D eigenvalue weighted by molar-refractivity contribution is -0.121. The summed E-state index contributed by atoms with van der Waals surface area (Å²) in [5.74, 6) is 0.0352. The van der Waals surface area contributed by atoms with Gasteiger partial charge in [-0.3, -0.25) is 4.79 Å². The Bertz CT molecular complexity index is 241. The fraction of sp³-hybridized carbons (Fsp3) is 0.800. The maximum atomic E-state index is 11.2. The molecule has 1 aliphatic carbocycles. The van der Waals surface area contributed by atoms with Gasteiger partial charge in [-0.25, -0.2) is 4.79 Å². The van der Waals surface area contributed by atoms with Crippen LogP contribution in [0, 0.1) is 0 Å². The van der Waals surface area contributed by atoms with Crippen LogP contribution in [0.3, 0.4) is 0 Å². The van der Waals surface area contributed by atoms with Crippen LogP contribution < -0.4 is 10.6 Å². The average molecular weight is 230 g/mol. The van der Waals surface area contributed by atoms with E-state index in [1.165, 1.54) is 0 Å². The first-order valence-electron chi connectivity index (χ1n) is 5.53. The number of amides is 2. The first-order valence-corrected chi connectivity index (χ1v) is 5.53. The zero-order valence-corrected chi connectivity index (χ0v) is 9.20. The lowest BCUT2D eigenvalue weighted by atomic mass is 10.3. The molecular weight excluding hydrogens is 212 g/mol. The molecule has 0 atom stereocenters. The molecule has 16 heavy (non-hydrogen) atoms. The van der Waals surface area contributed by atoms with E-state index in [4.69, 9.17) is 5.11 Å². The van der Waals surface area contributed by atoms with Crippen LogP contribution in [0.25, 0.3) is 0 Å². The van der Waals surface area contributed by atoms with Crippen molar-refractivity contribution in [2.24, 2.45) is 0 Å². The molecule has 0 spiro atoms. The Balaban J connectivity index is 1.89. The SMILES string of the molecule is O=C(CCCNC(=O)OCCO)NC1CC1. The molecule has 0 bridgehead atoms. The highest BCUT2D eigenvalue weighted by Gasteiger charge is 2.22. The topological polar surface area (TPSA) is 87.7 Å². The first kappa shape index (κ1) is 12.8. The standard InChI is InChI=1S/C10H18N2O4/c13-6-7-16-10(15)11-5-1-2-9(14)12-8-3-4-8/h8,13H,1-7H2,(H,11,15)(H,12,14). The van der Waals surface area contributed by atoms with Gasteiger partial charge in [0.15, 0.2) is 0 Å². The molecule has 3 N–H and O–H groups in total. The van der Waals surface area contributed by atoms with Gasteiger partial charge in [0, 0.05) is 19.0 Å². The molecule has 6 heteroatoms. The second-order valence-corrected chi connectivity index (χ2v) is 3.73. The number of nitrogens with one attached hydrogen (secondary N) is 2. The van der Waals surface area contributed by atoms with Gasteiger partial charge in [-0.1, -0.05) is 0 Å². The third-order valence-electron chi connectivity index (χ3n) is 2.12. The molecule has 0 saturated heterocycles. The molecule has 0 heterocycles. The largest absolute Gasteiger partial charge is 0.447 e. The fourth-order valence-electron chi connectivity index (χ4n) is 1.16. The molecule has 1 rings (SSSR count). The Kier molecular flexibility index (Phi) is 5.63. The number of hydrogen-bond donors (Lipinski definition) is 3. The molecule has 6 nitrogen and oxygen atoms in total. The summed E-state index contributed by atoms with van der Waals surface area (Å²) in [7, 11) is 0. The number of ether oxygens (including phenoxy) is 1. The molecule has 92 valence electrons. The van der Waals surface area contributed by atoms with E-state index in [0.29, 0.717) is 25.4 Å². The normalized spacial score (nSPS) is 14.3. The number of carbonyl (C=O) groups excluding carboxylic acids is 2. The van der Waals surface area contributed by atoms with E-state index >= 15 is 0 Å². The molecule has 0 aromatic carbocycles. The molecule has 1 saturated carbocycles. The van der Waals surface area contributed by atoms with E-state index < -0.39 is 6.09 Å². The summed E-state index contributed by atoms with van der Waals surface area (Å²) in [4.78, 5) is 22.1. The molecule has 0 aliphatic heterocycles. The quantitative estimate of drug-likeness (QED) is 0.527.